The Labute approximate surface area is 147 Å². The summed E-state index contributed by atoms with van der Waals surface area (Å²) in [5, 5.41) is 6.20. The van der Waals surface area contributed by atoms with Gasteiger partial charge in [-0.1, -0.05) is 69.4 Å². The second-order valence-electron chi connectivity index (χ2n) is 6.87. The minimum atomic E-state index is 0.198. The number of nitrogens with one attached hydrogen (secondary N) is 1. The molecule has 0 aliphatic rings. The predicted octanol–water partition coefficient (Wildman–Crippen LogP) is 6.08. The predicted molar refractivity (Wildman–Crippen MR) is 105 cm³/mol. The summed E-state index contributed by atoms with van der Waals surface area (Å²) in [5.41, 5.74) is 1.28. The van der Waals surface area contributed by atoms with E-state index < -0.39 is 0 Å². The highest BCUT2D eigenvalue weighted by Crippen LogP contribution is 2.28. The van der Waals surface area contributed by atoms with Crippen molar-refractivity contribution in [2.45, 2.75) is 71.9 Å². The number of fused-ring (bicyclic) bond motifs is 1. The molecule has 2 aromatic rings. The Morgan fingerprint density at radius 1 is 0.917 bits per heavy atom. The Hall–Kier alpha value is -1.54. The summed E-state index contributed by atoms with van der Waals surface area (Å²) in [6, 6.07) is 12.8. The van der Waals surface area contributed by atoms with Gasteiger partial charge in [0.1, 0.15) is 5.75 Å². The van der Waals surface area contributed by atoms with Gasteiger partial charge in [0.15, 0.2) is 0 Å². The van der Waals surface area contributed by atoms with Crippen LogP contribution in [0.5, 0.6) is 5.75 Å². The summed E-state index contributed by atoms with van der Waals surface area (Å²) in [6.07, 6.45) is 8.23. The number of hydrogen-bond donors (Lipinski definition) is 1. The molecule has 0 aliphatic carbocycles. The van der Waals surface area contributed by atoms with Crippen molar-refractivity contribution in [2.24, 2.45) is 0 Å². The van der Waals surface area contributed by atoms with Crippen molar-refractivity contribution in [3.05, 3.63) is 42.0 Å². The van der Waals surface area contributed by atoms with E-state index in [0.717, 1.165) is 18.8 Å². The number of unbranched alkanes of at least 4 members (excludes halogenated alkanes) is 5. The van der Waals surface area contributed by atoms with Crippen LogP contribution in [-0.2, 0) is 6.54 Å². The average molecular weight is 328 g/mol. The Morgan fingerprint density at radius 3 is 2.46 bits per heavy atom. The molecule has 0 atom stereocenters. The zero-order chi connectivity index (χ0) is 17.2. The fraction of sp³-hybridized carbons (Fsp3) is 0.545. The maximum absolute atomic E-state index is 6.04. The van der Waals surface area contributed by atoms with Crippen LogP contribution in [0.15, 0.2) is 36.4 Å². The molecule has 0 unspecified atom stereocenters. The van der Waals surface area contributed by atoms with Gasteiger partial charge in [0.05, 0.1) is 6.10 Å². The molecule has 0 bridgehead atoms. The quantitative estimate of drug-likeness (QED) is 0.505. The Morgan fingerprint density at radius 2 is 1.67 bits per heavy atom. The number of rotatable bonds is 11. The first kappa shape index (κ1) is 18.8. The molecule has 0 aliphatic heterocycles. The van der Waals surface area contributed by atoms with Crippen LogP contribution in [0.2, 0.25) is 0 Å². The van der Waals surface area contributed by atoms with Crippen LogP contribution in [-0.4, -0.2) is 12.6 Å². The van der Waals surface area contributed by atoms with E-state index in [1.807, 2.05) is 0 Å². The highest BCUT2D eigenvalue weighted by molar-refractivity contribution is 5.87. The average Bonchev–Trinajstić information content (AvgIpc) is 2.58. The molecule has 0 radical (unpaired) electrons. The topological polar surface area (TPSA) is 21.3 Å². The lowest BCUT2D eigenvalue weighted by atomic mass is 10.0. The third kappa shape index (κ3) is 5.83. The van der Waals surface area contributed by atoms with E-state index in [0.29, 0.717) is 0 Å². The molecule has 0 fully saturated rings. The highest BCUT2D eigenvalue weighted by atomic mass is 16.5. The third-order valence-electron chi connectivity index (χ3n) is 4.37. The van der Waals surface area contributed by atoms with Crippen LogP contribution >= 0.6 is 0 Å². The van der Waals surface area contributed by atoms with Gasteiger partial charge in [-0.15, -0.1) is 0 Å². The summed E-state index contributed by atoms with van der Waals surface area (Å²) >= 11 is 0. The summed E-state index contributed by atoms with van der Waals surface area (Å²) in [7, 11) is 0. The van der Waals surface area contributed by atoms with Crippen molar-refractivity contribution in [3.63, 3.8) is 0 Å². The van der Waals surface area contributed by atoms with Gasteiger partial charge >= 0.3 is 0 Å². The minimum Gasteiger partial charge on any atom is -0.491 e. The van der Waals surface area contributed by atoms with E-state index in [1.54, 1.807) is 0 Å². The molecule has 2 aromatic carbocycles. The molecule has 0 heterocycles. The van der Waals surface area contributed by atoms with Crippen LogP contribution in [0.3, 0.4) is 0 Å². The van der Waals surface area contributed by atoms with Crippen LogP contribution in [0.25, 0.3) is 10.8 Å². The standard InChI is InChI=1S/C22H33NO/c1-4-5-6-7-8-11-16-23-17-21-20-13-10-9-12-19(20)14-15-22(21)24-18(2)3/h9-10,12-15,18,23H,4-8,11,16-17H2,1-3H3. The van der Waals surface area contributed by atoms with Gasteiger partial charge in [-0.3, -0.25) is 0 Å². The third-order valence-corrected chi connectivity index (χ3v) is 4.37. The van der Waals surface area contributed by atoms with Crippen LogP contribution in [0.1, 0.15) is 64.9 Å². The van der Waals surface area contributed by atoms with E-state index in [9.17, 15) is 0 Å². The SMILES string of the molecule is CCCCCCCCNCc1c(OC(C)C)ccc2ccccc12. The Kier molecular flexibility index (Phi) is 8.11. The van der Waals surface area contributed by atoms with Crippen molar-refractivity contribution in [1.82, 2.24) is 5.32 Å². The first-order chi connectivity index (χ1) is 11.7. The lowest BCUT2D eigenvalue weighted by Gasteiger charge is -2.17. The number of benzene rings is 2. The van der Waals surface area contributed by atoms with Crippen LogP contribution < -0.4 is 10.1 Å². The van der Waals surface area contributed by atoms with Gasteiger partial charge in [-0.05, 0) is 43.7 Å². The second-order valence-corrected chi connectivity index (χ2v) is 6.87. The lowest BCUT2D eigenvalue weighted by Crippen LogP contribution is -2.17. The van der Waals surface area contributed by atoms with Gasteiger partial charge in [0.25, 0.3) is 0 Å². The molecule has 0 amide bonds. The first-order valence-electron chi connectivity index (χ1n) is 9.60. The van der Waals surface area contributed by atoms with Gasteiger partial charge in [-0.25, -0.2) is 0 Å². The van der Waals surface area contributed by atoms with E-state index in [4.69, 9.17) is 4.74 Å². The molecule has 24 heavy (non-hydrogen) atoms. The zero-order valence-electron chi connectivity index (χ0n) is 15.6. The fourth-order valence-corrected chi connectivity index (χ4v) is 3.11. The maximum Gasteiger partial charge on any atom is 0.124 e. The summed E-state index contributed by atoms with van der Waals surface area (Å²) < 4.78 is 6.04. The Balaban J connectivity index is 1.93. The summed E-state index contributed by atoms with van der Waals surface area (Å²) in [4.78, 5) is 0. The monoisotopic (exact) mass is 327 g/mol. The molecule has 2 rings (SSSR count). The normalized spacial score (nSPS) is 11.3. The van der Waals surface area contributed by atoms with E-state index >= 15 is 0 Å². The van der Waals surface area contributed by atoms with Crippen molar-refractivity contribution >= 4 is 10.8 Å². The molecule has 1 N–H and O–H groups in total. The lowest BCUT2D eigenvalue weighted by molar-refractivity contribution is 0.240. The molecule has 2 nitrogen and oxygen atoms in total. The molecular formula is C22H33NO. The molecule has 0 spiro atoms. The highest BCUT2D eigenvalue weighted by Gasteiger charge is 2.09. The van der Waals surface area contributed by atoms with Gasteiger partial charge in [0.2, 0.25) is 0 Å². The van der Waals surface area contributed by atoms with Crippen molar-refractivity contribution in [1.29, 1.82) is 0 Å². The first-order valence-corrected chi connectivity index (χ1v) is 9.60. The second kappa shape index (κ2) is 10.4. The summed E-state index contributed by atoms with van der Waals surface area (Å²) in [5.74, 6) is 1.01. The molecule has 0 aromatic heterocycles. The van der Waals surface area contributed by atoms with Crippen molar-refractivity contribution in [2.75, 3.05) is 6.54 Å². The van der Waals surface area contributed by atoms with E-state index in [1.165, 1.54) is 54.9 Å². The number of hydrogen-bond acceptors (Lipinski definition) is 2. The van der Waals surface area contributed by atoms with Gasteiger partial charge in [0, 0.05) is 12.1 Å². The maximum atomic E-state index is 6.04. The van der Waals surface area contributed by atoms with E-state index in [-0.39, 0.29) is 6.10 Å². The molecular weight excluding hydrogens is 294 g/mol. The molecule has 0 saturated heterocycles. The largest absolute Gasteiger partial charge is 0.491 e. The zero-order valence-corrected chi connectivity index (χ0v) is 15.6. The number of ether oxygens (including phenoxy) is 1. The minimum absolute atomic E-state index is 0.198. The van der Waals surface area contributed by atoms with Crippen molar-refractivity contribution in [3.8, 4) is 5.75 Å². The van der Waals surface area contributed by atoms with Crippen molar-refractivity contribution < 1.29 is 4.74 Å². The smallest absolute Gasteiger partial charge is 0.124 e. The van der Waals surface area contributed by atoms with Gasteiger partial charge < -0.3 is 10.1 Å². The summed E-state index contributed by atoms with van der Waals surface area (Å²) in [6.45, 7) is 8.39. The fourth-order valence-electron chi connectivity index (χ4n) is 3.11. The Bertz CT molecular complexity index is 606. The molecule has 0 saturated carbocycles. The van der Waals surface area contributed by atoms with Crippen LogP contribution in [0.4, 0.5) is 0 Å². The van der Waals surface area contributed by atoms with Crippen LogP contribution in [0, 0.1) is 0 Å². The van der Waals surface area contributed by atoms with E-state index in [2.05, 4.69) is 62.5 Å². The molecule has 132 valence electrons. The van der Waals surface area contributed by atoms with Gasteiger partial charge in [-0.2, -0.15) is 0 Å². The molecule has 2 heteroatoms.